The van der Waals surface area contributed by atoms with Crippen molar-refractivity contribution in [1.82, 2.24) is 9.88 Å². The van der Waals surface area contributed by atoms with Gasteiger partial charge in [-0.3, -0.25) is 14.7 Å². The number of aromatic nitrogens is 1. The van der Waals surface area contributed by atoms with Gasteiger partial charge in [0.2, 0.25) is 0 Å². The predicted octanol–water partition coefficient (Wildman–Crippen LogP) is 0.675. The second kappa shape index (κ2) is 4.90. The lowest BCUT2D eigenvalue weighted by Crippen LogP contribution is -2.40. The number of carboxylic acid groups (broad SMARTS) is 1. The number of hydrogen-bond donors (Lipinski definition) is 1. The van der Waals surface area contributed by atoms with Crippen LogP contribution >= 0.6 is 11.3 Å². The van der Waals surface area contributed by atoms with Gasteiger partial charge in [-0.25, -0.2) is 0 Å². The van der Waals surface area contributed by atoms with Crippen molar-refractivity contribution in [2.75, 3.05) is 20.3 Å². The SMILES string of the molecule is CN(Cc1cncs1)C1COCC1C(=O)O. The Hall–Kier alpha value is -0.980. The minimum Gasteiger partial charge on any atom is -0.481 e. The summed E-state index contributed by atoms with van der Waals surface area (Å²) in [5.41, 5.74) is 1.78. The molecule has 1 aliphatic heterocycles. The first-order chi connectivity index (χ1) is 7.68. The van der Waals surface area contributed by atoms with E-state index in [2.05, 4.69) is 4.98 Å². The molecule has 6 heteroatoms. The van der Waals surface area contributed by atoms with Crippen LogP contribution in [0.5, 0.6) is 0 Å². The zero-order valence-electron chi connectivity index (χ0n) is 9.00. The van der Waals surface area contributed by atoms with Crippen molar-refractivity contribution >= 4 is 17.3 Å². The highest BCUT2D eigenvalue weighted by molar-refractivity contribution is 7.09. The summed E-state index contributed by atoms with van der Waals surface area (Å²) in [5.74, 6) is -1.20. The van der Waals surface area contributed by atoms with Gasteiger partial charge in [0.1, 0.15) is 0 Å². The molecule has 88 valence electrons. The van der Waals surface area contributed by atoms with Crippen LogP contribution in [0.15, 0.2) is 11.7 Å². The molecule has 1 aromatic rings. The van der Waals surface area contributed by atoms with Gasteiger partial charge in [0.05, 0.1) is 24.6 Å². The monoisotopic (exact) mass is 242 g/mol. The van der Waals surface area contributed by atoms with E-state index in [-0.39, 0.29) is 6.04 Å². The molecule has 1 N–H and O–H groups in total. The fraction of sp³-hybridized carbons (Fsp3) is 0.600. The second-order valence-electron chi connectivity index (χ2n) is 3.93. The molecule has 0 saturated carbocycles. The molecule has 5 nitrogen and oxygen atoms in total. The number of likely N-dealkylation sites (N-methyl/N-ethyl adjacent to an activating group) is 1. The van der Waals surface area contributed by atoms with E-state index in [4.69, 9.17) is 9.84 Å². The molecule has 0 aromatic carbocycles. The van der Waals surface area contributed by atoms with Gasteiger partial charge in [0.25, 0.3) is 0 Å². The molecule has 2 unspecified atom stereocenters. The summed E-state index contributed by atoms with van der Waals surface area (Å²) in [7, 11) is 1.93. The van der Waals surface area contributed by atoms with E-state index in [0.717, 1.165) is 11.4 Å². The number of rotatable bonds is 4. The van der Waals surface area contributed by atoms with Gasteiger partial charge in [-0.2, -0.15) is 0 Å². The zero-order chi connectivity index (χ0) is 11.5. The predicted molar refractivity (Wildman–Crippen MR) is 59.3 cm³/mol. The molecule has 16 heavy (non-hydrogen) atoms. The van der Waals surface area contributed by atoms with Crippen LogP contribution in [0.2, 0.25) is 0 Å². The highest BCUT2D eigenvalue weighted by Gasteiger charge is 2.36. The number of carbonyl (C=O) groups is 1. The summed E-state index contributed by atoms with van der Waals surface area (Å²) in [6.45, 7) is 1.53. The van der Waals surface area contributed by atoms with E-state index in [1.807, 2.05) is 18.1 Å². The lowest BCUT2D eigenvalue weighted by molar-refractivity contribution is -0.143. The van der Waals surface area contributed by atoms with Crippen LogP contribution in [0.1, 0.15) is 4.88 Å². The van der Waals surface area contributed by atoms with E-state index in [1.54, 1.807) is 16.8 Å². The highest BCUT2D eigenvalue weighted by atomic mass is 32.1. The average Bonchev–Trinajstić information content (AvgIpc) is 2.86. The number of aliphatic carboxylic acids is 1. The maximum absolute atomic E-state index is 11.0. The number of ether oxygens (including phenoxy) is 1. The Labute approximate surface area is 97.7 Å². The molecule has 1 aromatic heterocycles. The molecular formula is C10H14N2O3S. The third-order valence-electron chi connectivity index (χ3n) is 2.82. The Kier molecular flexibility index (Phi) is 3.52. The molecule has 2 heterocycles. The molecule has 2 atom stereocenters. The smallest absolute Gasteiger partial charge is 0.310 e. The van der Waals surface area contributed by atoms with Crippen molar-refractivity contribution in [3.8, 4) is 0 Å². The van der Waals surface area contributed by atoms with Crippen molar-refractivity contribution in [2.24, 2.45) is 5.92 Å². The first kappa shape index (κ1) is 11.5. The summed E-state index contributed by atoms with van der Waals surface area (Å²) in [6, 6.07) is -0.0420. The summed E-state index contributed by atoms with van der Waals surface area (Å²) in [6.07, 6.45) is 1.81. The lowest BCUT2D eigenvalue weighted by atomic mass is 10.0. The van der Waals surface area contributed by atoms with Gasteiger partial charge in [0.15, 0.2) is 0 Å². The van der Waals surface area contributed by atoms with Gasteiger partial charge < -0.3 is 9.84 Å². The topological polar surface area (TPSA) is 62.7 Å². The van der Waals surface area contributed by atoms with Crippen LogP contribution in [-0.4, -0.2) is 47.3 Å². The van der Waals surface area contributed by atoms with Crippen LogP contribution in [0, 0.1) is 5.92 Å². The molecule has 0 radical (unpaired) electrons. The van der Waals surface area contributed by atoms with Gasteiger partial charge in [-0.15, -0.1) is 11.3 Å². The second-order valence-corrected chi connectivity index (χ2v) is 4.90. The minimum atomic E-state index is -0.779. The average molecular weight is 242 g/mol. The van der Waals surface area contributed by atoms with E-state index in [1.165, 1.54) is 0 Å². The molecule has 1 aliphatic rings. The van der Waals surface area contributed by atoms with Crippen molar-refractivity contribution in [2.45, 2.75) is 12.6 Å². The third-order valence-corrected chi connectivity index (χ3v) is 3.59. The molecule has 0 bridgehead atoms. The quantitative estimate of drug-likeness (QED) is 0.841. The fourth-order valence-corrected chi connectivity index (χ4v) is 2.55. The van der Waals surface area contributed by atoms with E-state index in [9.17, 15) is 4.79 Å². The molecule has 1 saturated heterocycles. The van der Waals surface area contributed by atoms with Gasteiger partial charge in [-0.05, 0) is 7.05 Å². The Balaban J connectivity index is 1.98. The summed E-state index contributed by atoms with van der Waals surface area (Å²) in [4.78, 5) is 18.2. The number of carboxylic acids is 1. The summed E-state index contributed by atoms with van der Waals surface area (Å²) < 4.78 is 5.24. The van der Waals surface area contributed by atoms with E-state index >= 15 is 0 Å². The maximum Gasteiger partial charge on any atom is 0.310 e. The van der Waals surface area contributed by atoms with Gasteiger partial charge in [-0.1, -0.05) is 0 Å². The van der Waals surface area contributed by atoms with Gasteiger partial charge >= 0.3 is 5.97 Å². The molecule has 0 aliphatic carbocycles. The number of nitrogens with zero attached hydrogens (tertiary/aromatic N) is 2. The van der Waals surface area contributed by atoms with E-state index < -0.39 is 11.9 Å². The Morgan fingerprint density at radius 3 is 3.19 bits per heavy atom. The molecule has 0 amide bonds. The Morgan fingerprint density at radius 2 is 2.56 bits per heavy atom. The first-order valence-corrected chi connectivity index (χ1v) is 5.94. The minimum absolute atomic E-state index is 0.0420. The van der Waals surface area contributed by atoms with Gasteiger partial charge in [0, 0.05) is 23.7 Å². The van der Waals surface area contributed by atoms with Crippen LogP contribution < -0.4 is 0 Å². The molecule has 2 rings (SSSR count). The van der Waals surface area contributed by atoms with Crippen molar-refractivity contribution in [1.29, 1.82) is 0 Å². The fourth-order valence-electron chi connectivity index (χ4n) is 1.90. The van der Waals surface area contributed by atoms with Crippen molar-refractivity contribution < 1.29 is 14.6 Å². The first-order valence-electron chi connectivity index (χ1n) is 5.06. The van der Waals surface area contributed by atoms with Crippen molar-refractivity contribution in [3.63, 3.8) is 0 Å². The largest absolute Gasteiger partial charge is 0.481 e. The maximum atomic E-state index is 11.0. The van der Waals surface area contributed by atoms with E-state index in [0.29, 0.717) is 13.2 Å². The number of thiazole rings is 1. The van der Waals surface area contributed by atoms with Crippen molar-refractivity contribution in [3.05, 3.63) is 16.6 Å². The zero-order valence-corrected chi connectivity index (χ0v) is 9.81. The molecule has 0 spiro atoms. The standard InChI is InChI=1S/C10H14N2O3S/c1-12(3-7-2-11-6-16-7)9-5-15-4-8(9)10(13)14/h2,6,8-9H,3-5H2,1H3,(H,13,14). The Morgan fingerprint density at radius 1 is 1.75 bits per heavy atom. The van der Waals surface area contributed by atoms with Crippen LogP contribution in [-0.2, 0) is 16.1 Å². The van der Waals surface area contributed by atoms with Crippen LogP contribution in [0.25, 0.3) is 0 Å². The lowest BCUT2D eigenvalue weighted by Gasteiger charge is -2.25. The summed E-state index contributed by atoms with van der Waals surface area (Å²) >= 11 is 1.58. The summed E-state index contributed by atoms with van der Waals surface area (Å²) in [5, 5.41) is 9.04. The molecular weight excluding hydrogens is 228 g/mol. The Bertz CT molecular complexity index is 355. The third kappa shape index (κ3) is 2.40. The number of hydrogen-bond acceptors (Lipinski definition) is 5. The van der Waals surface area contributed by atoms with Crippen LogP contribution in [0.3, 0.4) is 0 Å². The molecule has 1 fully saturated rings. The van der Waals surface area contributed by atoms with Crippen LogP contribution in [0.4, 0.5) is 0 Å². The normalized spacial score (nSPS) is 25.1. The highest BCUT2D eigenvalue weighted by Crippen LogP contribution is 2.21.